The number of pyridine rings is 2. The van der Waals surface area contributed by atoms with Gasteiger partial charge in [-0.1, -0.05) is 6.92 Å². The van der Waals surface area contributed by atoms with Gasteiger partial charge in [-0.15, -0.1) is 0 Å². The Balaban J connectivity index is 1.42. The first-order valence-electron chi connectivity index (χ1n) is 12.8. The molecule has 5 heterocycles. The number of aromatic nitrogens is 2. The quantitative estimate of drug-likeness (QED) is 0.194. The Hall–Kier alpha value is -3.59. The summed E-state index contributed by atoms with van der Waals surface area (Å²) < 4.78 is 23.5. The van der Waals surface area contributed by atoms with E-state index in [9.17, 15) is 35.1 Å². The summed E-state index contributed by atoms with van der Waals surface area (Å²) in [6, 6.07) is 6.58. The van der Waals surface area contributed by atoms with E-state index >= 15 is 0 Å². The van der Waals surface area contributed by atoms with Gasteiger partial charge in [-0.05, 0) is 30.7 Å². The molecule has 1 saturated heterocycles. The van der Waals surface area contributed by atoms with Gasteiger partial charge in [0.05, 0.1) is 42.7 Å². The topological polar surface area (TPSA) is 190 Å². The van der Waals surface area contributed by atoms with Crippen LogP contribution in [0.25, 0.3) is 22.3 Å². The van der Waals surface area contributed by atoms with Gasteiger partial charge < -0.3 is 49.0 Å². The van der Waals surface area contributed by atoms with Crippen molar-refractivity contribution in [1.29, 1.82) is 0 Å². The molecule has 0 saturated carbocycles. The van der Waals surface area contributed by atoms with E-state index in [4.69, 9.17) is 23.9 Å². The van der Waals surface area contributed by atoms with Crippen LogP contribution in [-0.4, -0.2) is 85.5 Å². The summed E-state index contributed by atoms with van der Waals surface area (Å²) in [7, 11) is 1.41. The molecular formula is C27H28N2O11. The van der Waals surface area contributed by atoms with Crippen LogP contribution in [-0.2, 0) is 33.0 Å². The van der Waals surface area contributed by atoms with Gasteiger partial charge in [-0.3, -0.25) is 4.79 Å². The van der Waals surface area contributed by atoms with E-state index in [1.54, 1.807) is 25.1 Å². The van der Waals surface area contributed by atoms with Crippen LogP contribution in [0.2, 0.25) is 0 Å². The van der Waals surface area contributed by atoms with Crippen LogP contribution in [0.3, 0.4) is 0 Å². The lowest BCUT2D eigenvalue weighted by Gasteiger charge is -2.39. The molecule has 3 aromatic rings. The second-order valence-corrected chi connectivity index (χ2v) is 10.1. The van der Waals surface area contributed by atoms with Crippen molar-refractivity contribution < 1.29 is 49.3 Å². The average molecular weight is 557 g/mol. The van der Waals surface area contributed by atoms with Crippen LogP contribution >= 0.6 is 0 Å². The van der Waals surface area contributed by atoms with E-state index in [-0.39, 0.29) is 47.8 Å². The van der Waals surface area contributed by atoms with E-state index in [2.05, 4.69) is 0 Å². The Morgan fingerprint density at radius 3 is 2.62 bits per heavy atom. The van der Waals surface area contributed by atoms with E-state index < -0.39 is 48.9 Å². The molecule has 0 amide bonds. The van der Waals surface area contributed by atoms with Crippen LogP contribution in [0.1, 0.15) is 30.0 Å². The van der Waals surface area contributed by atoms with Gasteiger partial charge in [0.15, 0.2) is 17.1 Å². The van der Waals surface area contributed by atoms with Crippen LogP contribution < -0.4 is 15.0 Å². The number of hydrogen-bond donors (Lipinski definition) is 5. The van der Waals surface area contributed by atoms with Crippen molar-refractivity contribution in [2.45, 2.75) is 62.8 Å². The lowest BCUT2D eigenvalue weighted by atomic mass is 9.86. The van der Waals surface area contributed by atoms with Gasteiger partial charge in [-0.2, -0.15) is 0 Å². The van der Waals surface area contributed by atoms with Crippen LogP contribution in [0.15, 0.2) is 29.1 Å². The molecule has 1 fully saturated rings. The Bertz CT molecular complexity index is 1590. The van der Waals surface area contributed by atoms with Gasteiger partial charge in [-0.25, -0.2) is 9.78 Å². The minimum atomic E-state index is -1.93. The lowest BCUT2D eigenvalue weighted by Crippen LogP contribution is -2.60. The average Bonchev–Trinajstić information content (AvgIpc) is 3.32. The van der Waals surface area contributed by atoms with Crippen molar-refractivity contribution >= 4 is 16.9 Å². The number of nitrogens with zero attached hydrogens (tertiary/aromatic N) is 2. The highest BCUT2D eigenvalue weighted by atomic mass is 16.7. The maximum atomic E-state index is 13.4. The SMILES string of the molecule is CC[C@@]1(O)C(=O)OCc2c1cc1n(c2=O)Cc2cc3c(OC)c(O[C@@H]4O[C@H](CO)[C@@H](O)[C@H](O)[C@H]4O)ccc3nc2-1. The maximum Gasteiger partial charge on any atom is 0.343 e. The number of aliphatic hydroxyl groups is 5. The fourth-order valence-electron chi connectivity index (χ4n) is 5.60. The molecule has 2 aromatic heterocycles. The van der Waals surface area contributed by atoms with E-state index in [0.717, 1.165) is 0 Å². The standard InChI is InChI=1S/C27H28N2O11/c1-3-27(36)14-7-16-19-11(8-29(16)24(34)13(14)10-38-26(27)35)6-12-15(28-19)4-5-17(23(12)37-2)39-25-22(33)21(32)20(31)18(9-30)40-25/h4-7,18,20-22,25,30-33,36H,3,8-10H2,1-2H3/t18-,20-,21+,22-,25-,27+/m1/s1. The number of hydrogen-bond acceptors (Lipinski definition) is 12. The van der Waals surface area contributed by atoms with Gasteiger partial charge >= 0.3 is 5.97 Å². The zero-order valence-corrected chi connectivity index (χ0v) is 21.6. The molecule has 212 valence electrons. The maximum absolute atomic E-state index is 13.4. The molecule has 6 rings (SSSR count). The molecule has 3 aliphatic heterocycles. The summed E-state index contributed by atoms with van der Waals surface area (Å²) in [6.07, 6.45) is -7.27. The van der Waals surface area contributed by atoms with Crippen molar-refractivity contribution in [3.05, 3.63) is 51.3 Å². The third-order valence-corrected chi connectivity index (χ3v) is 7.90. The number of aliphatic hydroxyl groups excluding tert-OH is 4. The molecule has 13 nitrogen and oxygen atoms in total. The highest BCUT2D eigenvalue weighted by molar-refractivity contribution is 5.91. The second-order valence-electron chi connectivity index (χ2n) is 10.1. The number of ether oxygens (including phenoxy) is 4. The van der Waals surface area contributed by atoms with Gasteiger partial charge in [0, 0.05) is 16.5 Å². The number of methoxy groups -OCH3 is 1. The molecule has 0 spiro atoms. The highest BCUT2D eigenvalue weighted by Crippen LogP contribution is 2.42. The number of benzene rings is 1. The third kappa shape index (κ3) is 3.73. The number of carbonyl (C=O) groups is 1. The molecule has 0 radical (unpaired) electrons. The molecule has 5 N–H and O–H groups in total. The molecule has 40 heavy (non-hydrogen) atoms. The van der Waals surface area contributed by atoms with Crippen LogP contribution in [0.4, 0.5) is 0 Å². The summed E-state index contributed by atoms with van der Waals surface area (Å²) in [6.45, 7) is 0.985. The highest BCUT2D eigenvalue weighted by Gasteiger charge is 2.46. The summed E-state index contributed by atoms with van der Waals surface area (Å²) in [4.78, 5) is 30.6. The normalized spacial score (nSPS) is 29.0. The zero-order valence-electron chi connectivity index (χ0n) is 21.6. The molecule has 3 aliphatic rings. The van der Waals surface area contributed by atoms with E-state index in [1.165, 1.54) is 17.7 Å². The molecule has 0 aliphatic carbocycles. The summed E-state index contributed by atoms with van der Waals surface area (Å²) in [5.41, 5.74) is 0.269. The van der Waals surface area contributed by atoms with Crippen molar-refractivity contribution in [3.8, 4) is 22.9 Å². The molecule has 0 bridgehead atoms. The monoisotopic (exact) mass is 556 g/mol. The van der Waals surface area contributed by atoms with E-state index in [0.29, 0.717) is 27.9 Å². The van der Waals surface area contributed by atoms with E-state index in [1.807, 2.05) is 0 Å². The number of esters is 1. The summed E-state index contributed by atoms with van der Waals surface area (Å²) in [5.74, 6) is -0.409. The Morgan fingerprint density at radius 2 is 1.93 bits per heavy atom. The first kappa shape index (κ1) is 26.6. The number of carbonyl (C=O) groups excluding carboxylic acids is 1. The Morgan fingerprint density at radius 1 is 1.15 bits per heavy atom. The van der Waals surface area contributed by atoms with Crippen molar-refractivity contribution in [1.82, 2.24) is 9.55 Å². The lowest BCUT2D eigenvalue weighted by molar-refractivity contribution is -0.277. The first-order valence-corrected chi connectivity index (χ1v) is 12.8. The fourth-order valence-corrected chi connectivity index (χ4v) is 5.60. The van der Waals surface area contributed by atoms with Crippen molar-refractivity contribution in [3.63, 3.8) is 0 Å². The Labute approximate surface area is 226 Å². The largest absolute Gasteiger partial charge is 0.492 e. The van der Waals surface area contributed by atoms with Crippen molar-refractivity contribution in [2.24, 2.45) is 0 Å². The Kier molecular flexibility index (Phi) is 6.33. The zero-order chi connectivity index (χ0) is 28.5. The fraction of sp³-hybridized carbons (Fsp3) is 0.444. The second kappa shape index (κ2) is 9.51. The minimum absolute atomic E-state index is 0.0359. The van der Waals surface area contributed by atoms with Gasteiger partial charge in [0.25, 0.3) is 5.56 Å². The first-order chi connectivity index (χ1) is 19.1. The predicted octanol–water partition coefficient (Wildman–Crippen LogP) is -0.733. The third-order valence-electron chi connectivity index (χ3n) is 7.90. The van der Waals surface area contributed by atoms with Gasteiger partial charge in [0.2, 0.25) is 6.29 Å². The summed E-state index contributed by atoms with van der Waals surface area (Å²) >= 11 is 0. The smallest absolute Gasteiger partial charge is 0.343 e. The number of rotatable bonds is 5. The van der Waals surface area contributed by atoms with Crippen LogP contribution in [0, 0.1) is 0 Å². The van der Waals surface area contributed by atoms with Crippen LogP contribution in [0.5, 0.6) is 11.5 Å². The number of fused-ring (bicyclic) bond motifs is 5. The minimum Gasteiger partial charge on any atom is -0.492 e. The van der Waals surface area contributed by atoms with Gasteiger partial charge in [0.1, 0.15) is 31.0 Å². The molecule has 6 atom stereocenters. The molecule has 0 unspecified atom stereocenters. The molecular weight excluding hydrogens is 528 g/mol. The number of cyclic esters (lactones) is 1. The predicted molar refractivity (Wildman–Crippen MR) is 135 cm³/mol. The van der Waals surface area contributed by atoms with Crippen molar-refractivity contribution in [2.75, 3.05) is 13.7 Å². The molecule has 13 heteroatoms. The molecule has 1 aromatic carbocycles. The summed E-state index contributed by atoms with van der Waals surface area (Å²) in [5, 5.41) is 51.6.